The lowest BCUT2D eigenvalue weighted by molar-refractivity contribution is 0.396. The van der Waals surface area contributed by atoms with Crippen LogP contribution >= 0.6 is 11.6 Å². The highest BCUT2D eigenvalue weighted by Gasteiger charge is 2.18. The van der Waals surface area contributed by atoms with E-state index in [9.17, 15) is 0 Å². The van der Waals surface area contributed by atoms with E-state index in [2.05, 4.69) is 22.4 Å². The molecule has 0 saturated carbocycles. The molecule has 2 aromatic rings. The minimum atomic E-state index is 0.0756. The number of nitrogens with one attached hydrogen (secondary N) is 1. The van der Waals surface area contributed by atoms with Gasteiger partial charge in [-0.05, 0) is 36.7 Å². The maximum absolute atomic E-state index is 5.69. The molecule has 6 heteroatoms. The van der Waals surface area contributed by atoms with Crippen molar-refractivity contribution in [2.24, 2.45) is 0 Å². The molecule has 17 heavy (non-hydrogen) atoms. The van der Waals surface area contributed by atoms with Crippen LogP contribution in [0, 0.1) is 0 Å². The molecule has 2 heterocycles. The second-order valence-electron chi connectivity index (χ2n) is 3.57. The Balaban J connectivity index is 2.20. The van der Waals surface area contributed by atoms with Crippen molar-refractivity contribution in [3.63, 3.8) is 0 Å². The topological polar surface area (TPSA) is 64.1 Å². The monoisotopic (exact) mass is 255 g/mol. The fourth-order valence-corrected chi connectivity index (χ4v) is 1.70. The average molecular weight is 256 g/mol. The molecular weight excluding hydrogens is 242 g/mol. The van der Waals surface area contributed by atoms with Gasteiger partial charge in [0.05, 0.1) is 6.04 Å². The lowest BCUT2D eigenvalue weighted by Gasteiger charge is -2.09. The van der Waals surface area contributed by atoms with Crippen molar-refractivity contribution in [3.05, 3.63) is 23.2 Å². The predicted octanol–water partition coefficient (Wildman–Crippen LogP) is 3.04. The van der Waals surface area contributed by atoms with Crippen molar-refractivity contribution in [2.75, 3.05) is 6.54 Å². The van der Waals surface area contributed by atoms with E-state index in [0.29, 0.717) is 22.8 Å². The number of hydrogen-bond acceptors (Lipinski definition) is 5. The predicted molar refractivity (Wildman–Crippen MR) is 63.7 cm³/mol. The number of furan rings is 1. The smallest absolute Gasteiger partial charge is 0.283 e. The van der Waals surface area contributed by atoms with E-state index in [1.54, 1.807) is 12.1 Å². The summed E-state index contributed by atoms with van der Waals surface area (Å²) in [6.07, 6.45) is 0.883. The van der Waals surface area contributed by atoms with Crippen LogP contribution in [0.1, 0.15) is 32.2 Å². The summed E-state index contributed by atoms with van der Waals surface area (Å²) in [5, 5.41) is 11.5. The Hall–Kier alpha value is -1.33. The van der Waals surface area contributed by atoms with Crippen LogP contribution < -0.4 is 5.32 Å². The summed E-state index contributed by atoms with van der Waals surface area (Å²) in [6, 6.07) is 3.42. The first kappa shape index (κ1) is 12.1. The van der Waals surface area contributed by atoms with Crippen LogP contribution in [0.25, 0.3) is 11.7 Å². The lowest BCUT2D eigenvalue weighted by atomic mass is 10.2. The van der Waals surface area contributed by atoms with E-state index in [-0.39, 0.29) is 6.04 Å². The van der Waals surface area contributed by atoms with Crippen molar-refractivity contribution in [3.8, 4) is 11.7 Å². The molecule has 0 aliphatic heterocycles. The molecule has 5 nitrogen and oxygen atoms in total. The average Bonchev–Trinajstić information content (AvgIpc) is 2.94. The van der Waals surface area contributed by atoms with Crippen molar-refractivity contribution < 1.29 is 8.83 Å². The Morgan fingerprint density at radius 1 is 1.29 bits per heavy atom. The largest absolute Gasteiger partial charge is 0.440 e. The van der Waals surface area contributed by atoms with E-state index < -0.39 is 0 Å². The minimum absolute atomic E-state index is 0.0756. The highest BCUT2D eigenvalue weighted by atomic mass is 35.5. The number of aromatic nitrogens is 2. The third kappa shape index (κ3) is 2.68. The van der Waals surface area contributed by atoms with Gasteiger partial charge in [0.15, 0.2) is 11.0 Å². The quantitative estimate of drug-likeness (QED) is 0.890. The Bertz CT molecular complexity index is 481. The van der Waals surface area contributed by atoms with Gasteiger partial charge in [0.25, 0.3) is 5.89 Å². The highest BCUT2D eigenvalue weighted by molar-refractivity contribution is 6.28. The third-order valence-electron chi connectivity index (χ3n) is 2.38. The summed E-state index contributed by atoms with van der Waals surface area (Å²) in [6.45, 7) is 4.94. The van der Waals surface area contributed by atoms with Crippen LogP contribution in [-0.2, 0) is 0 Å². The Labute approximate surface area is 104 Å². The van der Waals surface area contributed by atoms with Gasteiger partial charge >= 0.3 is 0 Å². The Morgan fingerprint density at radius 2 is 2.12 bits per heavy atom. The summed E-state index contributed by atoms with van der Waals surface area (Å²) in [7, 11) is 0. The molecule has 0 amide bonds. The molecule has 1 atom stereocenters. The van der Waals surface area contributed by atoms with E-state index >= 15 is 0 Å². The van der Waals surface area contributed by atoms with Crippen molar-refractivity contribution in [1.82, 2.24) is 15.5 Å². The summed E-state index contributed by atoms with van der Waals surface area (Å²) in [5.74, 6) is 1.40. The standard InChI is InChI=1S/C11H14ClN3O2/c1-3-7(13-4-2)10-14-15-11(17-10)8-5-6-9(12)16-8/h5-7,13H,3-4H2,1-2H3. The maximum Gasteiger partial charge on any atom is 0.283 e. The van der Waals surface area contributed by atoms with Crippen molar-refractivity contribution in [1.29, 1.82) is 0 Å². The first-order chi connectivity index (χ1) is 8.24. The summed E-state index contributed by atoms with van der Waals surface area (Å²) >= 11 is 5.69. The van der Waals surface area contributed by atoms with Gasteiger partial charge in [-0.25, -0.2) is 0 Å². The number of halogens is 1. The third-order valence-corrected chi connectivity index (χ3v) is 2.58. The normalized spacial score (nSPS) is 12.9. The Morgan fingerprint density at radius 3 is 2.71 bits per heavy atom. The van der Waals surface area contributed by atoms with Crippen molar-refractivity contribution >= 4 is 11.6 Å². The zero-order chi connectivity index (χ0) is 12.3. The number of rotatable bonds is 5. The van der Waals surface area contributed by atoms with Crippen LogP contribution in [0.15, 0.2) is 21.0 Å². The van der Waals surface area contributed by atoms with Crippen LogP contribution in [0.4, 0.5) is 0 Å². The van der Waals surface area contributed by atoms with Crippen LogP contribution in [0.2, 0.25) is 5.22 Å². The molecule has 0 aromatic carbocycles. The fourth-order valence-electron chi connectivity index (χ4n) is 1.56. The van der Waals surface area contributed by atoms with Gasteiger partial charge in [0.1, 0.15) is 0 Å². The molecule has 0 aliphatic rings. The van der Waals surface area contributed by atoms with E-state index in [1.165, 1.54) is 0 Å². The molecule has 0 fully saturated rings. The maximum atomic E-state index is 5.69. The molecule has 0 aliphatic carbocycles. The van der Waals surface area contributed by atoms with Crippen LogP contribution in [0.5, 0.6) is 0 Å². The molecule has 0 radical (unpaired) electrons. The van der Waals surface area contributed by atoms with Crippen molar-refractivity contribution in [2.45, 2.75) is 26.3 Å². The van der Waals surface area contributed by atoms with Gasteiger partial charge in [-0.3, -0.25) is 0 Å². The fraction of sp³-hybridized carbons (Fsp3) is 0.455. The first-order valence-electron chi connectivity index (χ1n) is 5.57. The van der Waals surface area contributed by atoms with E-state index in [4.69, 9.17) is 20.4 Å². The Kier molecular flexibility index (Phi) is 3.81. The zero-order valence-corrected chi connectivity index (χ0v) is 10.5. The summed E-state index contributed by atoms with van der Waals surface area (Å²) in [4.78, 5) is 0. The van der Waals surface area contributed by atoms with Gasteiger partial charge in [-0.15, -0.1) is 10.2 Å². The van der Waals surface area contributed by atoms with Crippen LogP contribution in [0.3, 0.4) is 0 Å². The second-order valence-corrected chi connectivity index (χ2v) is 3.94. The van der Waals surface area contributed by atoms with E-state index in [1.807, 2.05) is 6.92 Å². The zero-order valence-electron chi connectivity index (χ0n) is 9.74. The first-order valence-corrected chi connectivity index (χ1v) is 5.94. The number of hydrogen-bond donors (Lipinski definition) is 1. The molecule has 92 valence electrons. The molecule has 2 aromatic heterocycles. The molecule has 0 saturated heterocycles. The van der Waals surface area contributed by atoms with Gasteiger partial charge in [0.2, 0.25) is 5.89 Å². The van der Waals surface area contributed by atoms with Gasteiger partial charge < -0.3 is 14.2 Å². The van der Waals surface area contributed by atoms with Gasteiger partial charge in [-0.1, -0.05) is 13.8 Å². The summed E-state index contributed by atoms with van der Waals surface area (Å²) < 4.78 is 10.8. The molecule has 0 spiro atoms. The van der Waals surface area contributed by atoms with Gasteiger partial charge in [-0.2, -0.15) is 0 Å². The molecular formula is C11H14ClN3O2. The molecule has 1 N–H and O–H groups in total. The SMILES string of the molecule is CCNC(CC)c1nnc(-c2ccc(Cl)o2)o1. The second kappa shape index (κ2) is 5.33. The molecule has 1 unspecified atom stereocenters. The highest BCUT2D eigenvalue weighted by Crippen LogP contribution is 2.25. The molecule has 2 rings (SSSR count). The number of nitrogens with zero attached hydrogens (tertiary/aromatic N) is 2. The molecule has 0 bridgehead atoms. The minimum Gasteiger partial charge on any atom is -0.440 e. The van der Waals surface area contributed by atoms with Gasteiger partial charge in [0, 0.05) is 0 Å². The summed E-state index contributed by atoms with van der Waals surface area (Å²) in [5.41, 5.74) is 0. The lowest BCUT2D eigenvalue weighted by Crippen LogP contribution is -2.20. The van der Waals surface area contributed by atoms with E-state index in [0.717, 1.165) is 13.0 Å². The van der Waals surface area contributed by atoms with Crippen LogP contribution in [-0.4, -0.2) is 16.7 Å².